The van der Waals surface area contributed by atoms with Crippen molar-refractivity contribution in [3.05, 3.63) is 83.2 Å². The summed E-state index contributed by atoms with van der Waals surface area (Å²) in [6, 6.07) is 12.3. The topological polar surface area (TPSA) is 39.9 Å². The Labute approximate surface area is 175 Å². The van der Waals surface area contributed by atoms with Crippen molar-refractivity contribution in [2.75, 3.05) is 0 Å². The normalized spacial score (nSPS) is 11.4. The number of halogens is 4. The molecule has 9 heteroatoms. The lowest BCUT2D eigenvalue weighted by Crippen LogP contribution is -2.08. The van der Waals surface area contributed by atoms with Gasteiger partial charge in [-0.2, -0.15) is 13.2 Å². The third-order valence-electron chi connectivity index (χ3n) is 3.92. The van der Waals surface area contributed by atoms with E-state index in [-0.39, 0.29) is 6.61 Å². The van der Waals surface area contributed by atoms with Crippen molar-refractivity contribution in [3.63, 3.8) is 0 Å². The highest BCUT2D eigenvalue weighted by Gasteiger charge is 2.30. The van der Waals surface area contributed by atoms with Crippen LogP contribution in [0.5, 0.6) is 5.75 Å². The number of nitrogens with zero attached hydrogens (tertiary/aromatic N) is 3. The van der Waals surface area contributed by atoms with Gasteiger partial charge in [-0.15, -0.1) is 16.8 Å². The molecule has 0 saturated carbocycles. The molecule has 0 saturated heterocycles. The number of allylic oxidation sites excluding steroid dienone is 1. The molecule has 0 unspecified atom stereocenters. The number of aromatic nitrogens is 3. The number of thioether (sulfide) groups is 1. The van der Waals surface area contributed by atoms with Gasteiger partial charge in [0, 0.05) is 12.3 Å². The highest BCUT2D eigenvalue weighted by Crippen LogP contribution is 2.31. The molecule has 0 fully saturated rings. The van der Waals surface area contributed by atoms with Gasteiger partial charge in [0.05, 0.1) is 10.6 Å². The van der Waals surface area contributed by atoms with Crippen molar-refractivity contribution in [1.29, 1.82) is 0 Å². The van der Waals surface area contributed by atoms with Crippen molar-refractivity contribution in [3.8, 4) is 5.75 Å². The maximum absolute atomic E-state index is 12.9. The summed E-state index contributed by atoms with van der Waals surface area (Å²) in [6.07, 6.45) is -2.68. The lowest BCUT2D eigenvalue weighted by Gasteiger charge is -2.11. The van der Waals surface area contributed by atoms with Crippen LogP contribution in [0.25, 0.3) is 0 Å². The molecule has 0 atom stereocenters. The first-order valence-electron chi connectivity index (χ1n) is 8.57. The summed E-state index contributed by atoms with van der Waals surface area (Å²) in [7, 11) is 0. The van der Waals surface area contributed by atoms with Crippen LogP contribution in [-0.4, -0.2) is 14.8 Å². The smallest absolute Gasteiger partial charge is 0.416 e. The van der Waals surface area contributed by atoms with Gasteiger partial charge in [-0.05, 0) is 23.8 Å². The third-order valence-corrected chi connectivity index (χ3v) is 5.27. The van der Waals surface area contributed by atoms with E-state index in [0.29, 0.717) is 39.6 Å². The van der Waals surface area contributed by atoms with Gasteiger partial charge >= 0.3 is 6.18 Å². The quantitative estimate of drug-likeness (QED) is 0.318. The molecule has 0 spiro atoms. The van der Waals surface area contributed by atoms with Crippen LogP contribution in [0.2, 0.25) is 5.02 Å². The van der Waals surface area contributed by atoms with E-state index in [4.69, 9.17) is 16.3 Å². The summed E-state index contributed by atoms with van der Waals surface area (Å²) >= 11 is 7.39. The Hall–Kier alpha value is -2.45. The Balaban J connectivity index is 1.72. The van der Waals surface area contributed by atoms with Gasteiger partial charge in [0.25, 0.3) is 0 Å². The fourth-order valence-corrected chi connectivity index (χ4v) is 3.63. The molecule has 152 valence electrons. The first-order valence-corrected chi connectivity index (χ1v) is 9.94. The largest absolute Gasteiger partial charge is 0.484 e. The van der Waals surface area contributed by atoms with E-state index in [2.05, 4.69) is 16.8 Å². The number of ether oxygens (including phenoxy) is 1. The Morgan fingerprint density at radius 3 is 2.66 bits per heavy atom. The van der Waals surface area contributed by atoms with Crippen LogP contribution in [0.3, 0.4) is 0 Å². The average Bonchev–Trinajstić information content (AvgIpc) is 3.07. The van der Waals surface area contributed by atoms with E-state index in [9.17, 15) is 13.2 Å². The second kappa shape index (κ2) is 9.37. The Kier molecular flexibility index (Phi) is 6.87. The predicted molar refractivity (Wildman–Crippen MR) is 107 cm³/mol. The molecule has 3 aromatic rings. The maximum atomic E-state index is 12.9. The number of hydrogen-bond acceptors (Lipinski definition) is 4. The maximum Gasteiger partial charge on any atom is 0.416 e. The molecular formula is C20H17ClF3N3OS. The van der Waals surface area contributed by atoms with Gasteiger partial charge in [0.15, 0.2) is 11.0 Å². The SMILES string of the molecule is C=CCn1c(COc2ccccc2Cl)nnc1SCc1cccc(C(F)(F)F)c1. The number of hydrogen-bond donors (Lipinski definition) is 0. The minimum Gasteiger partial charge on any atom is -0.484 e. The minimum absolute atomic E-state index is 0.148. The molecule has 0 radical (unpaired) electrons. The van der Waals surface area contributed by atoms with Gasteiger partial charge in [-0.3, -0.25) is 4.57 Å². The van der Waals surface area contributed by atoms with Crippen molar-refractivity contribution < 1.29 is 17.9 Å². The van der Waals surface area contributed by atoms with Crippen molar-refractivity contribution in [2.24, 2.45) is 0 Å². The molecule has 2 aromatic carbocycles. The Bertz CT molecular complexity index is 991. The second-order valence-corrected chi connectivity index (χ2v) is 7.35. The minimum atomic E-state index is -4.37. The van der Waals surface area contributed by atoms with Gasteiger partial charge in [-0.1, -0.05) is 59.8 Å². The monoisotopic (exact) mass is 439 g/mol. The number of para-hydroxylation sites is 1. The predicted octanol–water partition coefficient (Wildman–Crippen LogP) is 6.01. The molecule has 1 aromatic heterocycles. The second-order valence-electron chi connectivity index (χ2n) is 6.00. The van der Waals surface area contributed by atoms with Gasteiger partial charge < -0.3 is 4.74 Å². The molecule has 3 rings (SSSR count). The summed E-state index contributed by atoms with van der Waals surface area (Å²) < 4.78 is 46.2. The van der Waals surface area contributed by atoms with E-state index < -0.39 is 11.7 Å². The number of benzene rings is 2. The standard InChI is InChI=1S/C20H17ClF3N3OS/c1-2-10-27-18(12-28-17-9-4-3-8-16(17)21)25-26-19(27)29-13-14-6-5-7-15(11-14)20(22,23)24/h2-9,11H,1,10,12-13H2. The van der Waals surface area contributed by atoms with E-state index in [0.717, 1.165) is 12.1 Å². The van der Waals surface area contributed by atoms with E-state index >= 15 is 0 Å². The third kappa shape index (κ3) is 5.55. The summed E-state index contributed by atoms with van der Waals surface area (Å²) in [6.45, 7) is 4.33. The summed E-state index contributed by atoms with van der Waals surface area (Å²) in [5.41, 5.74) is -0.121. The Morgan fingerprint density at radius 1 is 1.14 bits per heavy atom. The van der Waals surface area contributed by atoms with Crippen LogP contribution < -0.4 is 4.74 Å². The lowest BCUT2D eigenvalue weighted by atomic mass is 10.1. The highest BCUT2D eigenvalue weighted by atomic mass is 35.5. The first kappa shape index (κ1) is 21.3. The molecular weight excluding hydrogens is 423 g/mol. The van der Waals surface area contributed by atoms with E-state index in [1.165, 1.54) is 17.8 Å². The molecule has 0 N–H and O–H groups in total. The van der Waals surface area contributed by atoms with Crippen LogP contribution in [0, 0.1) is 0 Å². The molecule has 1 heterocycles. The van der Waals surface area contributed by atoms with Crippen molar-refractivity contribution >= 4 is 23.4 Å². The van der Waals surface area contributed by atoms with E-state index in [1.54, 1.807) is 30.3 Å². The molecule has 0 aliphatic heterocycles. The molecule has 29 heavy (non-hydrogen) atoms. The summed E-state index contributed by atoms with van der Waals surface area (Å²) in [5, 5.41) is 9.35. The van der Waals surface area contributed by atoms with Gasteiger partial charge in [-0.25, -0.2) is 0 Å². The molecule has 0 aliphatic carbocycles. The zero-order chi connectivity index (χ0) is 20.9. The fourth-order valence-electron chi connectivity index (χ4n) is 2.53. The van der Waals surface area contributed by atoms with E-state index in [1.807, 2.05) is 10.6 Å². The fraction of sp³-hybridized carbons (Fsp3) is 0.200. The van der Waals surface area contributed by atoms with Gasteiger partial charge in [0.1, 0.15) is 12.4 Å². The molecule has 0 aliphatic rings. The first-order chi connectivity index (χ1) is 13.9. The highest BCUT2D eigenvalue weighted by molar-refractivity contribution is 7.98. The van der Waals surface area contributed by atoms with Crippen molar-refractivity contribution in [2.45, 2.75) is 30.2 Å². The van der Waals surface area contributed by atoms with Gasteiger partial charge in [0.2, 0.25) is 0 Å². The summed E-state index contributed by atoms with van der Waals surface area (Å²) in [5.74, 6) is 1.42. The number of rotatable bonds is 8. The molecule has 0 bridgehead atoms. The van der Waals surface area contributed by atoms with Crippen LogP contribution in [0.4, 0.5) is 13.2 Å². The average molecular weight is 440 g/mol. The molecule has 4 nitrogen and oxygen atoms in total. The molecule has 0 amide bonds. The zero-order valence-electron chi connectivity index (χ0n) is 15.2. The van der Waals surface area contributed by atoms with Crippen LogP contribution in [-0.2, 0) is 25.1 Å². The zero-order valence-corrected chi connectivity index (χ0v) is 16.8. The van der Waals surface area contributed by atoms with Crippen molar-refractivity contribution in [1.82, 2.24) is 14.8 Å². The van der Waals surface area contributed by atoms with Crippen LogP contribution in [0.1, 0.15) is 17.0 Å². The van der Waals surface area contributed by atoms with Crippen LogP contribution in [0.15, 0.2) is 66.3 Å². The summed E-state index contributed by atoms with van der Waals surface area (Å²) in [4.78, 5) is 0. The Morgan fingerprint density at radius 2 is 1.93 bits per heavy atom. The number of alkyl halides is 3. The van der Waals surface area contributed by atoms with Crippen LogP contribution >= 0.6 is 23.4 Å². The lowest BCUT2D eigenvalue weighted by molar-refractivity contribution is -0.137.